The second kappa shape index (κ2) is 12.2. The quantitative estimate of drug-likeness (QED) is 0.334. The molecule has 1 unspecified atom stereocenters. The number of anilines is 1. The van der Waals surface area contributed by atoms with Gasteiger partial charge in [0, 0.05) is 38.8 Å². The predicted octanol–water partition coefficient (Wildman–Crippen LogP) is 3.11. The van der Waals surface area contributed by atoms with Gasteiger partial charge in [-0.25, -0.2) is 9.38 Å². The van der Waals surface area contributed by atoms with Crippen LogP contribution in [-0.4, -0.2) is 67.4 Å². The van der Waals surface area contributed by atoms with E-state index in [1.165, 1.54) is 25.8 Å². The van der Waals surface area contributed by atoms with Gasteiger partial charge in [0.15, 0.2) is 5.96 Å². The monoisotopic (exact) mass is 433 g/mol. The fraction of sp³-hybridized carbons (Fsp3) is 0.708. The molecule has 0 aliphatic carbocycles. The first kappa shape index (κ1) is 23.8. The van der Waals surface area contributed by atoms with Gasteiger partial charge in [-0.15, -0.1) is 0 Å². The van der Waals surface area contributed by atoms with Crippen LogP contribution in [0.15, 0.2) is 23.2 Å². The molecular weight excluding hydrogens is 393 g/mol. The molecule has 1 aromatic carbocycles. The highest BCUT2D eigenvalue weighted by atomic mass is 19.1. The van der Waals surface area contributed by atoms with Crippen molar-refractivity contribution in [1.29, 1.82) is 0 Å². The van der Waals surface area contributed by atoms with E-state index >= 15 is 0 Å². The molecule has 0 saturated carbocycles. The number of nitrogens with zero attached hydrogens (tertiary/aromatic N) is 3. The summed E-state index contributed by atoms with van der Waals surface area (Å²) in [6.45, 7) is 10.2. The van der Waals surface area contributed by atoms with Crippen molar-refractivity contribution < 1.29 is 9.50 Å². The van der Waals surface area contributed by atoms with Gasteiger partial charge in [-0.2, -0.15) is 0 Å². The lowest BCUT2D eigenvalue weighted by Crippen LogP contribution is -2.41. The molecule has 2 aliphatic rings. The molecule has 2 heterocycles. The summed E-state index contributed by atoms with van der Waals surface area (Å²) in [7, 11) is 0. The van der Waals surface area contributed by atoms with Gasteiger partial charge in [-0.05, 0) is 70.2 Å². The lowest BCUT2D eigenvalue weighted by molar-refractivity contribution is 0.145. The number of piperidine rings is 2. The van der Waals surface area contributed by atoms with Crippen molar-refractivity contribution in [3.8, 4) is 0 Å². The van der Waals surface area contributed by atoms with Crippen molar-refractivity contribution in [3.63, 3.8) is 0 Å². The number of hydrogen-bond donors (Lipinski definition) is 3. The highest BCUT2D eigenvalue weighted by Gasteiger charge is 2.20. The van der Waals surface area contributed by atoms with E-state index in [4.69, 9.17) is 0 Å². The average molecular weight is 434 g/mol. The van der Waals surface area contributed by atoms with E-state index < -0.39 is 0 Å². The smallest absolute Gasteiger partial charge is 0.191 e. The van der Waals surface area contributed by atoms with E-state index in [1.807, 2.05) is 17.0 Å². The number of aliphatic imine (C=N–C) groups is 1. The Kier molecular flexibility index (Phi) is 9.40. The Morgan fingerprint density at radius 2 is 1.97 bits per heavy atom. The van der Waals surface area contributed by atoms with Crippen molar-refractivity contribution in [2.75, 3.05) is 44.2 Å². The van der Waals surface area contributed by atoms with Crippen LogP contribution < -0.4 is 15.5 Å². The maximum absolute atomic E-state index is 14.7. The lowest BCUT2D eigenvalue weighted by Gasteiger charge is -2.33. The van der Waals surface area contributed by atoms with Crippen molar-refractivity contribution in [2.24, 2.45) is 4.99 Å². The second-order valence-electron chi connectivity index (χ2n) is 8.86. The number of rotatable bonds is 8. The molecule has 0 radical (unpaired) electrons. The van der Waals surface area contributed by atoms with Gasteiger partial charge in [0.2, 0.25) is 0 Å². The minimum absolute atomic E-state index is 0.210. The third-order valence-electron chi connectivity index (χ3n) is 6.44. The third kappa shape index (κ3) is 7.35. The van der Waals surface area contributed by atoms with Crippen molar-refractivity contribution in [2.45, 2.75) is 71.1 Å². The van der Waals surface area contributed by atoms with E-state index in [1.54, 1.807) is 6.07 Å². The molecule has 0 amide bonds. The van der Waals surface area contributed by atoms with Gasteiger partial charge < -0.3 is 25.5 Å². The molecule has 1 atom stereocenters. The molecule has 174 valence electrons. The summed E-state index contributed by atoms with van der Waals surface area (Å²) in [6.07, 6.45) is 6.20. The fourth-order valence-electron chi connectivity index (χ4n) is 4.50. The average Bonchev–Trinajstić information content (AvgIpc) is 2.77. The Balaban J connectivity index is 1.48. The van der Waals surface area contributed by atoms with E-state index in [-0.39, 0.29) is 11.9 Å². The normalized spacial score (nSPS) is 21.4. The van der Waals surface area contributed by atoms with Crippen LogP contribution in [0.3, 0.4) is 0 Å². The molecule has 3 N–H and O–H groups in total. The summed E-state index contributed by atoms with van der Waals surface area (Å²) < 4.78 is 14.7. The van der Waals surface area contributed by atoms with Crippen LogP contribution in [0.25, 0.3) is 0 Å². The zero-order chi connectivity index (χ0) is 22.1. The zero-order valence-electron chi connectivity index (χ0n) is 19.2. The molecular formula is C24H40FN5O. The maximum atomic E-state index is 14.7. The van der Waals surface area contributed by atoms with Crippen LogP contribution in [0.5, 0.6) is 0 Å². The first-order chi connectivity index (χ1) is 15.1. The standard InChI is InChI=1S/C24H40FN5O/c1-3-26-24(27-12-6-14-29-13-5-4-7-19(29)2)28-18-20-8-9-23(22(25)17-20)30-15-10-21(31)11-16-30/h8-9,17,19,21,31H,3-7,10-16,18H2,1-2H3,(H2,26,27,28). The van der Waals surface area contributed by atoms with E-state index in [0.717, 1.165) is 37.6 Å². The van der Waals surface area contributed by atoms with Crippen molar-refractivity contribution >= 4 is 11.6 Å². The zero-order valence-corrected chi connectivity index (χ0v) is 19.2. The van der Waals surface area contributed by atoms with Crippen LogP contribution in [0.4, 0.5) is 10.1 Å². The van der Waals surface area contributed by atoms with Gasteiger partial charge in [0.1, 0.15) is 5.82 Å². The van der Waals surface area contributed by atoms with Crippen LogP contribution in [0.2, 0.25) is 0 Å². The summed E-state index contributed by atoms with van der Waals surface area (Å²) in [5.41, 5.74) is 1.48. The molecule has 31 heavy (non-hydrogen) atoms. The molecule has 0 aromatic heterocycles. The Labute approximate surface area is 186 Å². The van der Waals surface area contributed by atoms with E-state index in [0.29, 0.717) is 44.2 Å². The molecule has 2 saturated heterocycles. The summed E-state index contributed by atoms with van der Waals surface area (Å²) in [6, 6.07) is 6.08. The largest absolute Gasteiger partial charge is 0.393 e. The summed E-state index contributed by atoms with van der Waals surface area (Å²) in [5.74, 6) is 0.571. The number of guanidine groups is 1. The molecule has 6 nitrogen and oxygen atoms in total. The van der Waals surface area contributed by atoms with Gasteiger partial charge >= 0.3 is 0 Å². The Bertz CT molecular complexity index is 705. The number of likely N-dealkylation sites (tertiary alicyclic amines) is 1. The van der Waals surface area contributed by atoms with Crippen molar-refractivity contribution in [1.82, 2.24) is 15.5 Å². The first-order valence-corrected chi connectivity index (χ1v) is 12.0. The SMILES string of the molecule is CCNC(=NCc1ccc(N2CCC(O)CC2)c(F)c1)NCCCN1CCCCC1C. The molecule has 3 rings (SSSR count). The van der Waals surface area contributed by atoms with Gasteiger partial charge in [-0.3, -0.25) is 0 Å². The maximum Gasteiger partial charge on any atom is 0.191 e. The molecule has 0 spiro atoms. The van der Waals surface area contributed by atoms with Crippen LogP contribution in [0, 0.1) is 5.82 Å². The van der Waals surface area contributed by atoms with E-state index in [2.05, 4.69) is 34.4 Å². The van der Waals surface area contributed by atoms with Gasteiger partial charge in [-0.1, -0.05) is 12.5 Å². The molecule has 1 aromatic rings. The first-order valence-electron chi connectivity index (χ1n) is 12.0. The Hall–Kier alpha value is -1.86. The molecule has 0 bridgehead atoms. The highest BCUT2D eigenvalue weighted by molar-refractivity contribution is 5.79. The minimum atomic E-state index is -0.256. The van der Waals surface area contributed by atoms with Gasteiger partial charge in [0.25, 0.3) is 0 Å². The van der Waals surface area contributed by atoms with E-state index in [9.17, 15) is 9.50 Å². The van der Waals surface area contributed by atoms with Crippen LogP contribution >= 0.6 is 0 Å². The number of nitrogens with one attached hydrogen (secondary N) is 2. The fourth-order valence-corrected chi connectivity index (χ4v) is 4.50. The minimum Gasteiger partial charge on any atom is -0.393 e. The predicted molar refractivity (Wildman–Crippen MR) is 126 cm³/mol. The van der Waals surface area contributed by atoms with Gasteiger partial charge in [0.05, 0.1) is 18.3 Å². The highest BCUT2D eigenvalue weighted by Crippen LogP contribution is 2.24. The molecule has 2 fully saturated rings. The number of aliphatic hydroxyl groups excluding tert-OH is 1. The summed E-state index contributed by atoms with van der Waals surface area (Å²) in [4.78, 5) is 9.25. The number of benzene rings is 1. The van der Waals surface area contributed by atoms with Crippen molar-refractivity contribution in [3.05, 3.63) is 29.6 Å². The summed E-state index contributed by atoms with van der Waals surface area (Å²) >= 11 is 0. The Morgan fingerprint density at radius 3 is 2.68 bits per heavy atom. The third-order valence-corrected chi connectivity index (χ3v) is 6.44. The lowest BCUT2D eigenvalue weighted by atomic mass is 10.0. The van der Waals surface area contributed by atoms with Crippen LogP contribution in [-0.2, 0) is 6.54 Å². The number of halogens is 1. The summed E-state index contributed by atoms with van der Waals surface area (Å²) in [5, 5.41) is 16.4. The number of aliphatic hydroxyl groups is 1. The second-order valence-corrected chi connectivity index (χ2v) is 8.86. The molecule has 7 heteroatoms. The van der Waals surface area contributed by atoms with Crippen LogP contribution in [0.1, 0.15) is 57.9 Å². The topological polar surface area (TPSA) is 63.1 Å². The molecule has 2 aliphatic heterocycles. The Morgan fingerprint density at radius 1 is 1.16 bits per heavy atom. The number of hydrogen-bond acceptors (Lipinski definition) is 4.